The molecule has 0 aliphatic heterocycles. The fourth-order valence-electron chi connectivity index (χ4n) is 3.05. The van der Waals surface area contributed by atoms with Gasteiger partial charge in [0.25, 0.3) is 0 Å². The quantitative estimate of drug-likeness (QED) is 0.781. The molecule has 0 unspecified atom stereocenters. The number of amides is 1. The van der Waals surface area contributed by atoms with E-state index in [-0.39, 0.29) is 23.9 Å². The van der Waals surface area contributed by atoms with E-state index in [0.29, 0.717) is 37.5 Å². The summed E-state index contributed by atoms with van der Waals surface area (Å²) in [6.45, 7) is 0.520. The predicted molar refractivity (Wildman–Crippen MR) is 96.2 cm³/mol. The lowest BCUT2D eigenvalue weighted by molar-refractivity contribution is -0.123. The van der Waals surface area contributed by atoms with Crippen molar-refractivity contribution in [1.82, 2.24) is 15.5 Å². The molecule has 1 aliphatic carbocycles. The van der Waals surface area contributed by atoms with Gasteiger partial charge in [0, 0.05) is 19.4 Å². The number of thiophene rings is 1. The van der Waals surface area contributed by atoms with Crippen molar-refractivity contribution in [2.75, 3.05) is 6.54 Å². The lowest BCUT2D eigenvalue weighted by Gasteiger charge is -2.28. The van der Waals surface area contributed by atoms with Crippen molar-refractivity contribution >= 4 is 29.7 Å². The molecule has 3 N–H and O–H groups in total. The van der Waals surface area contributed by atoms with Crippen molar-refractivity contribution in [3.8, 4) is 10.7 Å². The molecule has 1 aliphatic rings. The van der Waals surface area contributed by atoms with E-state index in [1.165, 1.54) is 0 Å². The van der Waals surface area contributed by atoms with Crippen LogP contribution >= 0.6 is 23.7 Å². The van der Waals surface area contributed by atoms with Gasteiger partial charge in [0.2, 0.25) is 17.6 Å². The molecule has 24 heavy (non-hydrogen) atoms. The van der Waals surface area contributed by atoms with Crippen molar-refractivity contribution in [2.45, 2.75) is 50.5 Å². The van der Waals surface area contributed by atoms with E-state index in [1.54, 1.807) is 11.3 Å². The van der Waals surface area contributed by atoms with Gasteiger partial charge < -0.3 is 15.6 Å². The second-order valence-corrected chi connectivity index (χ2v) is 7.03. The molecule has 0 atom stereocenters. The maximum Gasteiger partial charge on any atom is 0.226 e. The van der Waals surface area contributed by atoms with Crippen LogP contribution in [-0.2, 0) is 11.2 Å². The molecule has 0 aromatic carbocycles. The first-order valence-electron chi connectivity index (χ1n) is 8.08. The van der Waals surface area contributed by atoms with Crippen LogP contribution in [0.15, 0.2) is 22.0 Å². The number of carbonyl (C=O) groups excluding carboxylic acids is 1. The molecule has 8 heteroatoms. The fraction of sp³-hybridized carbons (Fsp3) is 0.562. The van der Waals surface area contributed by atoms with E-state index in [0.717, 1.165) is 30.6 Å². The summed E-state index contributed by atoms with van der Waals surface area (Å²) in [5.74, 6) is 1.26. The van der Waals surface area contributed by atoms with Gasteiger partial charge in [-0.2, -0.15) is 4.98 Å². The zero-order valence-corrected chi connectivity index (χ0v) is 15.1. The lowest BCUT2D eigenvalue weighted by Crippen LogP contribution is -2.51. The SMILES string of the molecule is Cl.NCC1(NC(=O)CCCc2nc(-c3cccs3)no2)CCCC1. The molecule has 0 bridgehead atoms. The standard InChI is InChI=1S/C16H22N4O2S.ClH/c17-11-16(8-1-2-9-16)19-13(21)6-3-7-14-18-15(20-22-14)12-5-4-10-23-12;/h4-5,10H,1-3,6-9,11,17H2,(H,19,21);1H. The molecule has 0 spiro atoms. The van der Waals surface area contributed by atoms with Gasteiger partial charge >= 0.3 is 0 Å². The Morgan fingerprint density at radius 2 is 2.21 bits per heavy atom. The van der Waals surface area contributed by atoms with E-state index in [1.807, 2.05) is 17.5 Å². The highest BCUT2D eigenvalue weighted by Gasteiger charge is 2.33. The first kappa shape index (κ1) is 18.9. The molecule has 2 heterocycles. The Morgan fingerprint density at radius 3 is 2.88 bits per heavy atom. The Bertz CT molecular complexity index is 638. The second-order valence-electron chi connectivity index (χ2n) is 6.08. The number of nitrogens with zero attached hydrogens (tertiary/aromatic N) is 2. The summed E-state index contributed by atoms with van der Waals surface area (Å²) in [6, 6.07) is 3.91. The zero-order valence-electron chi connectivity index (χ0n) is 13.5. The maximum atomic E-state index is 12.1. The van der Waals surface area contributed by atoms with Gasteiger partial charge in [0.1, 0.15) is 0 Å². The maximum absolute atomic E-state index is 12.1. The average molecular weight is 371 g/mol. The van der Waals surface area contributed by atoms with Crippen LogP contribution in [0.25, 0.3) is 10.7 Å². The van der Waals surface area contributed by atoms with Crippen molar-refractivity contribution < 1.29 is 9.32 Å². The number of halogens is 1. The third-order valence-electron chi connectivity index (χ3n) is 4.36. The summed E-state index contributed by atoms with van der Waals surface area (Å²) in [4.78, 5) is 17.5. The third kappa shape index (κ3) is 4.55. The zero-order chi connectivity index (χ0) is 16.1. The van der Waals surface area contributed by atoms with Gasteiger partial charge in [-0.05, 0) is 30.7 Å². The molecule has 0 radical (unpaired) electrons. The summed E-state index contributed by atoms with van der Waals surface area (Å²) in [5.41, 5.74) is 5.67. The van der Waals surface area contributed by atoms with Crippen LogP contribution in [-0.4, -0.2) is 28.1 Å². The van der Waals surface area contributed by atoms with Gasteiger partial charge in [-0.15, -0.1) is 23.7 Å². The largest absolute Gasteiger partial charge is 0.349 e. The van der Waals surface area contributed by atoms with E-state index in [4.69, 9.17) is 10.3 Å². The summed E-state index contributed by atoms with van der Waals surface area (Å²) in [7, 11) is 0. The van der Waals surface area contributed by atoms with Crippen molar-refractivity contribution in [3.05, 3.63) is 23.4 Å². The minimum Gasteiger partial charge on any atom is -0.349 e. The van der Waals surface area contributed by atoms with Crippen LogP contribution in [0.5, 0.6) is 0 Å². The molecule has 0 saturated heterocycles. The first-order chi connectivity index (χ1) is 11.2. The van der Waals surface area contributed by atoms with E-state index in [2.05, 4.69) is 15.5 Å². The van der Waals surface area contributed by atoms with E-state index >= 15 is 0 Å². The van der Waals surface area contributed by atoms with Crippen LogP contribution in [0.1, 0.15) is 44.4 Å². The predicted octanol–water partition coefficient (Wildman–Crippen LogP) is 2.93. The highest BCUT2D eigenvalue weighted by molar-refractivity contribution is 7.13. The van der Waals surface area contributed by atoms with Crippen LogP contribution in [0.2, 0.25) is 0 Å². The number of carbonyl (C=O) groups is 1. The molecule has 3 rings (SSSR count). The van der Waals surface area contributed by atoms with Crippen LogP contribution in [0.4, 0.5) is 0 Å². The number of aryl methyl sites for hydroxylation is 1. The van der Waals surface area contributed by atoms with Crippen LogP contribution < -0.4 is 11.1 Å². The van der Waals surface area contributed by atoms with Crippen LogP contribution in [0.3, 0.4) is 0 Å². The minimum absolute atomic E-state index is 0. The monoisotopic (exact) mass is 370 g/mol. The third-order valence-corrected chi connectivity index (χ3v) is 5.23. The smallest absolute Gasteiger partial charge is 0.226 e. The first-order valence-corrected chi connectivity index (χ1v) is 8.96. The van der Waals surface area contributed by atoms with Gasteiger partial charge in [-0.3, -0.25) is 4.79 Å². The van der Waals surface area contributed by atoms with Gasteiger partial charge in [0.05, 0.1) is 10.4 Å². The summed E-state index contributed by atoms with van der Waals surface area (Å²) < 4.78 is 5.24. The van der Waals surface area contributed by atoms with E-state index < -0.39 is 0 Å². The Morgan fingerprint density at radius 1 is 1.42 bits per heavy atom. The summed E-state index contributed by atoms with van der Waals surface area (Å²) >= 11 is 1.58. The second kappa shape index (κ2) is 8.60. The molecular formula is C16H23ClN4O2S. The fourth-order valence-corrected chi connectivity index (χ4v) is 3.70. The van der Waals surface area contributed by atoms with E-state index in [9.17, 15) is 4.79 Å². The highest BCUT2D eigenvalue weighted by atomic mass is 35.5. The lowest BCUT2D eigenvalue weighted by atomic mass is 9.97. The molecule has 1 fully saturated rings. The molecule has 6 nitrogen and oxygen atoms in total. The molecule has 132 valence electrons. The number of hydrogen-bond acceptors (Lipinski definition) is 6. The van der Waals surface area contributed by atoms with Crippen molar-refractivity contribution in [3.63, 3.8) is 0 Å². The topological polar surface area (TPSA) is 94.0 Å². The summed E-state index contributed by atoms with van der Waals surface area (Å²) in [5, 5.41) is 9.08. The Hall–Kier alpha value is -1.44. The van der Waals surface area contributed by atoms with Gasteiger partial charge in [0.15, 0.2) is 0 Å². The number of nitrogens with two attached hydrogens (primary N) is 1. The number of nitrogens with one attached hydrogen (secondary N) is 1. The molecule has 1 amide bonds. The van der Waals surface area contributed by atoms with Crippen molar-refractivity contribution in [2.24, 2.45) is 5.73 Å². The molecule has 1 saturated carbocycles. The highest BCUT2D eigenvalue weighted by Crippen LogP contribution is 2.28. The number of aromatic nitrogens is 2. The Kier molecular flexibility index (Phi) is 6.77. The average Bonchev–Trinajstić information content (AvgIpc) is 3.29. The van der Waals surface area contributed by atoms with Crippen molar-refractivity contribution in [1.29, 1.82) is 0 Å². The number of hydrogen-bond donors (Lipinski definition) is 2. The Balaban J connectivity index is 0.00000208. The van der Waals surface area contributed by atoms with Crippen LogP contribution in [0, 0.1) is 0 Å². The normalized spacial score (nSPS) is 15.9. The number of rotatable bonds is 7. The Labute approximate surface area is 151 Å². The molecule has 2 aromatic heterocycles. The molecule has 2 aromatic rings. The van der Waals surface area contributed by atoms with Gasteiger partial charge in [-0.25, -0.2) is 0 Å². The van der Waals surface area contributed by atoms with Gasteiger partial charge in [-0.1, -0.05) is 24.1 Å². The minimum atomic E-state index is -0.173. The molecular weight excluding hydrogens is 348 g/mol. The summed E-state index contributed by atoms with van der Waals surface area (Å²) in [6.07, 6.45) is 6.03.